The lowest BCUT2D eigenvalue weighted by Crippen LogP contribution is -2.40. The van der Waals surface area contributed by atoms with Gasteiger partial charge in [0.05, 0.1) is 6.04 Å². The molecule has 1 heterocycles. The largest absolute Gasteiger partial charge is 0.376 e. The molecule has 0 radical (unpaired) electrons. The zero-order chi connectivity index (χ0) is 11.4. The monoisotopic (exact) mass is 210 g/mol. The standard InChI is InChI=1S/C10H18N4O/c1-6-7(2)12-5-13-9(6)14-8(3)10(15)11-4/h5,8,10-11,15H,1-4H3,(H,12,13,14). The molecule has 3 N–H and O–H groups in total. The van der Waals surface area contributed by atoms with E-state index in [-0.39, 0.29) is 6.04 Å². The van der Waals surface area contributed by atoms with Crippen LogP contribution in [0.4, 0.5) is 5.82 Å². The summed E-state index contributed by atoms with van der Waals surface area (Å²) in [5.41, 5.74) is 1.95. The fourth-order valence-electron chi connectivity index (χ4n) is 1.23. The first-order chi connectivity index (χ1) is 7.06. The number of hydrogen-bond acceptors (Lipinski definition) is 5. The van der Waals surface area contributed by atoms with E-state index < -0.39 is 6.23 Å². The number of rotatable bonds is 4. The first-order valence-corrected chi connectivity index (χ1v) is 4.96. The Morgan fingerprint density at radius 3 is 2.60 bits per heavy atom. The highest BCUT2D eigenvalue weighted by Gasteiger charge is 2.13. The van der Waals surface area contributed by atoms with Gasteiger partial charge in [0.25, 0.3) is 0 Å². The van der Waals surface area contributed by atoms with Crippen LogP contribution in [0.15, 0.2) is 6.33 Å². The SMILES string of the molecule is CNC(O)C(C)Nc1ncnc(C)c1C. The summed E-state index contributed by atoms with van der Waals surface area (Å²) in [5.74, 6) is 0.768. The van der Waals surface area contributed by atoms with E-state index in [9.17, 15) is 5.11 Å². The van der Waals surface area contributed by atoms with Gasteiger partial charge >= 0.3 is 0 Å². The van der Waals surface area contributed by atoms with Crippen molar-refractivity contribution in [2.24, 2.45) is 0 Å². The maximum Gasteiger partial charge on any atom is 0.132 e. The molecule has 5 nitrogen and oxygen atoms in total. The van der Waals surface area contributed by atoms with Gasteiger partial charge in [-0.05, 0) is 27.8 Å². The van der Waals surface area contributed by atoms with E-state index in [1.807, 2.05) is 20.8 Å². The molecule has 0 fully saturated rings. The summed E-state index contributed by atoms with van der Waals surface area (Å²) in [6, 6.07) is -0.108. The lowest BCUT2D eigenvalue weighted by atomic mass is 10.2. The van der Waals surface area contributed by atoms with Gasteiger partial charge in [0.15, 0.2) is 0 Å². The predicted octanol–water partition coefficient (Wildman–Crippen LogP) is 0.432. The van der Waals surface area contributed by atoms with Gasteiger partial charge in [-0.1, -0.05) is 0 Å². The van der Waals surface area contributed by atoms with Gasteiger partial charge in [-0.3, -0.25) is 5.32 Å². The average molecular weight is 210 g/mol. The van der Waals surface area contributed by atoms with E-state index in [0.29, 0.717) is 0 Å². The highest BCUT2D eigenvalue weighted by molar-refractivity contribution is 5.45. The Kier molecular flexibility index (Phi) is 3.99. The van der Waals surface area contributed by atoms with Crippen LogP contribution >= 0.6 is 0 Å². The molecule has 2 atom stereocenters. The fraction of sp³-hybridized carbons (Fsp3) is 0.600. The molecule has 0 saturated carbocycles. The Hall–Kier alpha value is -1.20. The van der Waals surface area contributed by atoms with Crippen LogP contribution in [0.2, 0.25) is 0 Å². The van der Waals surface area contributed by atoms with Crippen molar-refractivity contribution in [3.63, 3.8) is 0 Å². The van der Waals surface area contributed by atoms with Crippen LogP contribution in [0.25, 0.3) is 0 Å². The molecular weight excluding hydrogens is 192 g/mol. The normalized spacial score (nSPS) is 14.7. The van der Waals surface area contributed by atoms with Crippen molar-refractivity contribution in [3.8, 4) is 0 Å². The Morgan fingerprint density at radius 2 is 2.00 bits per heavy atom. The van der Waals surface area contributed by atoms with E-state index in [2.05, 4.69) is 20.6 Å². The van der Waals surface area contributed by atoms with Gasteiger partial charge < -0.3 is 10.4 Å². The number of hydrogen-bond donors (Lipinski definition) is 3. The van der Waals surface area contributed by atoms with Crippen molar-refractivity contribution in [1.82, 2.24) is 15.3 Å². The van der Waals surface area contributed by atoms with E-state index in [0.717, 1.165) is 17.1 Å². The summed E-state index contributed by atoms with van der Waals surface area (Å²) >= 11 is 0. The quantitative estimate of drug-likeness (QED) is 0.629. The summed E-state index contributed by atoms with van der Waals surface area (Å²) in [6.45, 7) is 5.77. The van der Waals surface area contributed by atoms with Crippen LogP contribution in [0, 0.1) is 13.8 Å². The Labute approximate surface area is 90.0 Å². The molecule has 0 bridgehead atoms. The zero-order valence-electron chi connectivity index (χ0n) is 9.57. The molecule has 5 heteroatoms. The van der Waals surface area contributed by atoms with E-state index in [1.54, 1.807) is 7.05 Å². The fourth-order valence-corrected chi connectivity index (χ4v) is 1.23. The molecule has 0 spiro atoms. The third-order valence-electron chi connectivity index (χ3n) is 2.47. The van der Waals surface area contributed by atoms with Gasteiger partial charge in [-0.2, -0.15) is 0 Å². The highest BCUT2D eigenvalue weighted by Crippen LogP contribution is 2.13. The number of aromatic nitrogens is 2. The average Bonchev–Trinajstić information content (AvgIpc) is 2.23. The van der Waals surface area contributed by atoms with Crippen LogP contribution < -0.4 is 10.6 Å². The summed E-state index contributed by atoms with van der Waals surface area (Å²) in [4.78, 5) is 8.22. The minimum absolute atomic E-state index is 0.108. The number of aliphatic hydroxyl groups excluding tert-OH is 1. The first kappa shape index (κ1) is 11.9. The van der Waals surface area contributed by atoms with Crippen LogP contribution in [0.1, 0.15) is 18.2 Å². The minimum Gasteiger partial charge on any atom is -0.376 e. The van der Waals surface area contributed by atoms with Crippen molar-refractivity contribution in [2.75, 3.05) is 12.4 Å². The molecule has 1 rings (SSSR count). The van der Waals surface area contributed by atoms with Crippen molar-refractivity contribution in [3.05, 3.63) is 17.6 Å². The maximum absolute atomic E-state index is 9.53. The summed E-state index contributed by atoms with van der Waals surface area (Å²) in [7, 11) is 1.71. The van der Waals surface area contributed by atoms with Crippen LogP contribution in [-0.4, -0.2) is 34.4 Å². The molecule has 0 aromatic carbocycles. The smallest absolute Gasteiger partial charge is 0.132 e. The molecule has 1 aromatic heterocycles. The summed E-state index contributed by atoms with van der Waals surface area (Å²) < 4.78 is 0. The topological polar surface area (TPSA) is 70.1 Å². The number of nitrogens with one attached hydrogen (secondary N) is 2. The second kappa shape index (κ2) is 5.04. The lowest BCUT2D eigenvalue weighted by Gasteiger charge is -2.21. The van der Waals surface area contributed by atoms with Crippen molar-refractivity contribution in [2.45, 2.75) is 33.0 Å². The van der Waals surface area contributed by atoms with Gasteiger partial charge in [0.1, 0.15) is 18.4 Å². The summed E-state index contributed by atoms with van der Waals surface area (Å²) in [6.07, 6.45) is 0.919. The number of aliphatic hydroxyl groups is 1. The minimum atomic E-state index is -0.598. The number of nitrogens with zero attached hydrogens (tertiary/aromatic N) is 2. The molecule has 0 aliphatic heterocycles. The van der Waals surface area contributed by atoms with Crippen LogP contribution in [0.5, 0.6) is 0 Å². The van der Waals surface area contributed by atoms with Crippen molar-refractivity contribution >= 4 is 5.82 Å². The van der Waals surface area contributed by atoms with Gasteiger partial charge in [0.2, 0.25) is 0 Å². The molecule has 1 aromatic rings. The lowest BCUT2D eigenvalue weighted by molar-refractivity contribution is 0.131. The van der Waals surface area contributed by atoms with E-state index >= 15 is 0 Å². The van der Waals surface area contributed by atoms with Gasteiger partial charge in [-0.15, -0.1) is 0 Å². The molecule has 15 heavy (non-hydrogen) atoms. The maximum atomic E-state index is 9.53. The van der Waals surface area contributed by atoms with E-state index in [1.165, 1.54) is 6.33 Å². The zero-order valence-corrected chi connectivity index (χ0v) is 9.57. The van der Waals surface area contributed by atoms with Crippen LogP contribution in [0.3, 0.4) is 0 Å². The molecular formula is C10H18N4O. The molecule has 0 aliphatic rings. The number of likely N-dealkylation sites (N-methyl/N-ethyl adjacent to an activating group) is 1. The van der Waals surface area contributed by atoms with Crippen LogP contribution in [-0.2, 0) is 0 Å². The van der Waals surface area contributed by atoms with E-state index in [4.69, 9.17) is 0 Å². The molecule has 84 valence electrons. The molecule has 0 amide bonds. The Morgan fingerprint density at radius 1 is 1.33 bits per heavy atom. The highest BCUT2D eigenvalue weighted by atomic mass is 16.3. The van der Waals surface area contributed by atoms with Gasteiger partial charge in [0, 0.05) is 11.3 Å². The Balaban J connectivity index is 2.76. The second-order valence-electron chi connectivity index (χ2n) is 3.60. The molecule has 0 aliphatic carbocycles. The predicted molar refractivity (Wildman–Crippen MR) is 59.7 cm³/mol. The second-order valence-corrected chi connectivity index (χ2v) is 3.60. The van der Waals surface area contributed by atoms with Gasteiger partial charge in [-0.25, -0.2) is 9.97 Å². The number of anilines is 1. The molecule has 0 saturated heterocycles. The third-order valence-corrected chi connectivity index (χ3v) is 2.47. The van der Waals surface area contributed by atoms with Crippen molar-refractivity contribution in [1.29, 1.82) is 0 Å². The molecule has 2 unspecified atom stereocenters. The Bertz CT molecular complexity index is 329. The van der Waals surface area contributed by atoms with Crippen molar-refractivity contribution < 1.29 is 5.11 Å². The third kappa shape index (κ3) is 2.87. The first-order valence-electron chi connectivity index (χ1n) is 4.96. The summed E-state index contributed by atoms with van der Waals surface area (Å²) in [5, 5.41) is 15.4. The number of aryl methyl sites for hydroxylation is 1.